The van der Waals surface area contributed by atoms with E-state index in [1.807, 2.05) is 25.1 Å². The van der Waals surface area contributed by atoms with Crippen molar-refractivity contribution in [2.75, 3.05) is 10.6 Å². The number of aromatic nitrogens is 2. The molecule has 0 aliphatic carbocycles. The first kappa shape index (κ1) is 18.8. The minimum absolute atomic E-state index is 0.0143. The number of rotatable bonds is 5. The van der Waals surface area contributed by atoms with E-state index in [2.05, 4.69) is 20.6 Å². The fraction of sp³-hybridized carbons (Fsp3) is 0.167. The van der Waals surface area contributed by atoms with Gasteiger partial charge in [0, 0.05) is 16.8 Å². The molecule has 9 heteroatoms. The van der Waals surface area contributed by atoms with Crippen LogP contribution in [0, 0.1) is 6.92 Å². The van der Waals surface area contributed by atoms with Gasteiger partial charge in [-0.05, 0) is 43.3 Å². The number of nitrogens with one attached hydrogen (secondary N) is 2. The topological polar surface area (TPSA) is 66.9 Å². The summed E-state index contributed by atoms with van der Waals surface area (Å²) in [6.07, 6.45) is -4.39. The number of benzene rings is 1. The molecule has 0 unspecified atom stereocenters. The Labute approximate surface area is 157 Å². The SMILES string of the molecule is Cc1cccc(Nc2nc(CC(=O)Nc3ccc(C(F)(F)F)cc3)cs2)n1. The number of anilines is 3. The van der Waals surface area contributed by atoms with Gasteiger partial charge in [-0.3, -0.25) is 4.79 Å². The number of hydrogen-bond acceptors (Lipinski definition) is 5. The lowest BCUT2D eigenvalue weighted by molar-refractivity contribution is -0.137. The van der Waals surface area contributed by atoms with E-state index in [1.54, 1.807) is 5.38 Å². The average Bonchev–Trinajstić information content (AvgIpc) is 3.01. The van der Waals surface area contributed by atoms with E-state index >= 15 is 0 Å². The van der Waals surface area contributed by atoms with Crippen molar-refractivity contribution < 1.29 is 18.0 Å². The minimum atomic E-state index is -4.40. The zero-order valence-electron chi connectivity index (χ0n) is 14.2. The first-order valence-electron chi connectivity index (χ1n) is 7.92. The highest BCUT2D eigenvalue weighted by Crippen LogP contribution is 2.29. The van der Waals surface area contributed by atoms with Crippen LogP contribution in [0.3, 0.4) is 0 Å². The second kappa shape index (κ2) is 7.75. The van der Waals surface area contributed by atoms with Crippen molar-refractivity contribution in [1.29, 1.82) is 0 Å². The average molecular weight is 392 g/mol. The molecule has 0 spiro atoms. The molecule has 3 aromatic rings. The normalized spacial score (nSPS) is 11.3. The molecule has 0 aliphatic rings. The Morgan fingerprint density at radius 2 is 1.85 bits per heavy atom. The van der Waals surface area contributed by atoms with Crippen LogP contribution in [0.1, 0.15) is 17.0 Å². The third kappa shape index (κ3) is 5.27. The maximum absolute atomic E-state index is 12.5. The molecule has 0 saturated carbocycles. The van der Waals surface area contributed by atoms with Gasteiger partial charge >= 0.3 is 6.18 Å². The fourth-order valence-electron chi connectivity index (χ4n) is 2.28. The molecule has 2 heterocycles. The van der Waals surface area contributed by atoms with Crippen molar-refractivity contribution in [1.82, 2.24) is 9.97 Å². The number of aryl methyl sites for hydroxylation is 1. The van der Waals surface area contributed by atoms with E-state index < -0.39 is 11.7 Å². The summed E-state index contributed by atoms with van der Waals surface area (Å²) in [6, 6.07) is 9.85. The Morgan fingerprint density at radius 1 is 1.11 bits per heavy atom. The summed E-state index contributed by atoms with van der Waals surface area (Å²) >= 11 is 1.34. The predicted molar refractivity (Wildman–Crippen MR) is 98.1 cm³/mol. The molecule has 1 amide bonds. The fourth-order valence-corrected chi connectivity index (χ4v) is 3.00. The molecule has 3 rings (SSSR count). The van der Waals surface area contributed by atoms with Crippen molar-refractivity contribution in [3.8, 4) is 0 Å². The predicted octanol–water partition coefficient (Wildman–Crippen LogP) is 4.79. The molecule has 2 N–H and O–H groups in total. The van der Waals surface area contributed by atoms with Crippen LogP contribution in [-0.4, -0.2) is 15.9 Å². The van der Waals surface area contributed by atoms with Crippen LogP contribution in [0.4, 0.5) is 29.8 Å². The smallest absolute Gasteiger partial charge is 0.326 e. The van der Waals surface area contributed by atoms with Crippen molar-refractivity contribution >= 4 is 33.9 Å². The van der Waals surface area contributed by atoms with E-state index in [9.17, 15) is 18.0 Å². The van der Waals surface area contributed by atoms with E-state index in [-0.39, 0.29) is 12.3 Å². The van der Waals surface area contributed by atoms with E-state index in [0.717, 1.165) is 17.8 Å². The standard InChI is InChI=1S/C18H15F3N4OS/c1-11-3-2-4-15(22-11)25-17-24-14(10-27-17)9-16(26)23-13-7-5-12(6-8-13)18(19,20)21/h2-8,10H,9H2,1H3,(H,23,26)(H,22,24,25). The van der Waals surface area contributed by atoms with Gasteiger partial charge in [-0.15, -0.1) is 11.3 Å². The van der Waals surface area contributed by atoms with E-state index in [4.69, 9.17) is 0 Å². The first-order chi connectivity index (χ1) is 12.8. The summed E-state index contributed by atoms with van der Waals surface area (Å²) in [7, 11) is 0. The molecule has 27 heavy (non-hydrogen) atoms. The van der Waals surface area contributed by atoms with Crippen LogP contribution in [0.5, 0.6) is 0 Å². The van der Waals surface area contributed by atoms with Crippen molar-refractivity contribution in [3.05, 3.63) is 64.8 Å². The zero-order valence-corrected chi connectivity index (χ0v) is 15.0. The molecule has 2 aromatic heterocycles. The summed E-state index contributed by atoms with van der Waals surface area (Å²) in [5.74, 6) is 0.297. The zero-order chi connectivity index (χ0) is 19.4. The molecule has 0 aliphatic heterocycles. The molecule has 0 saturated heterocycles. The van der Waals surface area contributed by atoms with Crippen LogP contribution >= 0.6 is 11.3 Å². The molecule has 0 bridgehead atoms. The van der Waals surface area contributed by atoms with Crippen molar-refractivity contribution in [2.45, 2.75) is 19.5 Å². The quantitative estimate of drug-likeness (QED) is 0.655. The lowest BCUT2D eigenvalue weighted by Crippen LogP contribution is -2.15. The van der Waals surface area contributed by atoms with Crippen LogP contribution in [0.15, 0.2) is 47.8 Å². The van der Waals surface area contributed by atoms with Gasteiger partial charge in [-0.25, -0.2) is 9.97 Å². The monoisotopic (exact) mass is 392 g/mol. The number of halogens is 3. The Kier molecular flexibility index (Phi) is 5.41. The van der Waals surface area contributed by atoms with Gasteiger partial charge < -0.3 is 10.6 Å². The van der Waals surface area contributed by atoms with Gasteiger partial charge in [0.25, 0.3) is 0 Å². The van der Waals surface area contributed by atoms with Gasteiger partial charge in [0.15, 0.2) is 5.13 Å². The number of carbonyl (C=O) groups is 1. The maximum Gasteiger partial charge on any atom is 0.416 e. The van der Waals surface area contributed by atoms with Crippen molar-refractivity contribution in [3.63, 3.8) is 0 Å². The number of hydrogen-bond donors (Lipinski definition) is 2. The molecular weight excluding hydrogens is 377 g/mol. The first-order valence-corrected chi connectivity index (χ1v) is 8.80. The van der Waals surface area contributed by atoms with Crippen LogP contribution in [-0.2, 0) is 17.4 Å². The highest BCUT2D eigenvalue weighted by atomic mass is 32.1. The number of amides is 1. The van der Waals surface area contributed by atoms with Gasteiger partial charge in [0.05, 0.1) is 17.7 Å². The number of thiazole rings is 1. The molecular formula is C18H15F3N4OS. The third-order valence-corrected chi connectivity index (χ3v) is 4.32. The van der Waals surface area contributed by atoms with Gasteiger partial charge in [-0.1, -0.05) is 6.07 Å². The summed E-state index contributed by atoms with van der Waals surface area (Å²) in [6.45, 7) is 1.88. The van der Waals surface area contributed by atoms with Gasteiger partial charge in [0.1, 0.15) is 5.82 Å². The Balaban J connectivity index is 1.57. The van der Waals surface area contributed by atoms with E-state index in [1.165, 1.54) is 23.5 Å². The number of carbonyl (C=O) groups excluding carboxylic acids is 1. The minimum Gasteiger partial charge on any atom is -0.326 e. The van der Waals surface area contributed by atoms with Crippen LogP contribution in [0.2, 0.25) is 0 Å². The lowest BCUT2D eigenvalue weighted by Gasteiger charge is -2.08. The molecule has 1 aromatic carbocycles. The Hall–Kier alpha value is -2.94. The summed E-state index contributed by atoms with van der Waals surface area (Å²) in [5.41, 5.74) is 0.957. The van der Waals surface area contributed by atoms with Crippen LogP contribution in [0.25, 0.3) is 0 Å². The van der Waals surface area contributed by atoms with Crippen molar-refractivity contribution in [2.24, 2.45) is 0 Å². The van der Waals surface area contributed by atoms with Gasteiger partial charge in [0.2, 0.25) is 5.91 Å². The summed E-state index contributed by atoms with van der Waals surface area (Å²) < 4.78 is 37.6. The molecule has 140 valence electrons. The van der Waals surface area contributed by atoms with E-state index in [0.29, 0.717) is 22.3 Å². The second-order valence-electron chi connectivity index (χ2n) is 5.73. The highest BCUT2D eigenvalue weighted by Gasteiger charge is 2.29. The molecule has 0 fully saturated rings. The molecule has 0 radical (unpaired) electrons. The third-order valence-electron chi connectivity index (χ3n) is 3.51. The number of nitrogens with zero attached hydrogens (tertiary/aromatic N) is 2. The number of alkyl halides is 3. The second-order valence-corrected chi connectivity index (χ2v) is 6.59. The Morgan fingerprint density at radius 3 is 2.52 bits per heavy atom. The van der Waals surface area contributed by atoms with Crippen LogP contribution < -0.4 is 10.6 Å². The number of pyridine rings is 1. The Bertz CT molecular complexity index is 938. The molecule has 0 atom stereocenters. The maximum atomic E-state index is 12.5. The van der Waals surface area contributed by atoms with Gasteiger partial charge in [-0.2, -0.15) is 13.2 Å². The summed E-state index contributed by atoms with van der Waals surface area (Å²) in [4.78, 5) is 20.7. The summed E-state index contributed by atoms with van der Waals surface area (Å²) in [5, 5.41) is 7.97. The lowest BCUT2D eigenvalue weighted by atomic mass is 10.2. The largest absolute Gasteiger partial charge is 0.416 e. The molecule has 5 nitrogen and oxygen atoms in total. The highest BCUT2D eigenvalue weighted by molar-refractivity contribution is 7.13.